The third kappa shape index (κ3) is 4.53. The number of carbonyl (C=O) groups is 1. The van der Waals surface area contributed by atoms with Crippen LogP contribution in [0.5, 0.6) is 0 Å². The first kappa shape index (κ1) is 23.5. The number of fused-ring (bicyclic) bond motifs is 1. The molecule has 0 unspecified atom stereocenters. The molecular weight excluding hydrogens is 486 g/mol. The van der Waals surface area contributed by atoms with Gasteiger partial charge in [0.15, 0.2) is 11.6 Å². The fraction of sp³-hybridized carbons (Fsp3) is 0.120. The normalized spacial score (nSPS) is 12.1. The highest BCUT2D eigenvalue weighted by Gasteiger charge is 2.21. The number of pyridine rings is 2. The maximum Gasteiger partial charge on any atom is 0.263 e. The van der Waals surface area contributed by atoms with E-state index in [-0.39, 0.29) is 18.7 Å². The number of thiazole rings is 1. The van der Waals surface area contributed by atoms with Crippen molar-refractivity contribution in [2.45, 2.75) is 12.6 Å². The number of carbonyl (C=O) groups excluding carboxylic acids is 1. The Bertz CT molecular complexity index is 1630. The summed E-state index contributed by atoms with van der Waals surface area (Å²) in [4.78, 5) is 38.0. The molecule has 5 rings (SSSR count). The molecule has 0 aliphatic heterocycles. The minimum atomic E-state index is -1.01. The highest BCUT2D eigenvalue weighted by atomic mass is 32.1. The smallest absolute Gasteiger partial charge is 0.263 e. The van der Waals surface area contributed by atoms with Gasteiger partial charge in [-0.25, -0.2) is 18.7 Å². The molecule has 0 aliphatic carbocycles. The number of hydrogen-bond acceptors (Lipinski definition) is 6. The first-order valence-electron chi connectivity index (χ1n) is 11.0. The lowest BCUT2D eigenvalue weighted by atomic mass is 10.2. The first-order valence-corrected chi connectivity index (χ1v) is 11.8. The molecular formula is C25H20F2N6O2S. The molecule has 182 valence electrons. The zero-order valence-corrected chi connectivity index (χ0v) is 19.6. The van der Waals surface area contributed by atoms with Gasteiger partial charge in [0.2, 0.25) is 0 Å². The summed E-state index contributed by atoms with van der Waals surface area (Å²) in [7, 11) is 0. The number of halogens is 2. The fourth-order valence-corrected chi connectivity index (χ4v) is 4.75. The number of H-pyrrole nitrogens is 1. The van der Waals surface area contributed by atoms with Crippen molar-refractivity contribution in [3.63, 3.8) is 0 Å². The number of nitrogens with one attached hydrogen (secondary N) is 2. The van der Waals surface area contributed by atoms with Crippen LogP contribution in [0.25, 0.3) is 22.3 Å². The number of rotatable bonds is 7. The van der Waals surface area contributed by atoms with Crippen molar-refractivity contribution in [1.29, 1.82) is 0 Å². The third-order valence-electron chi connectivity index (χ3n) is 5.69. The first-order chi connectivity index (χ1) is 17.4. The van der Waals surface area contributed by atoms with Gasteiger partial charge in [-0.3, -0.25) is 9.59 Å². The van der Waals surface area contributed by atoms with Crippen LogP contribution >= 0.6 is 11.3 Å². The van der Waals surface area contributed by atoms with Gasteiger partial charge in [-0.1, -0.05) is 6.07 Å². The summed E-state index contributed by atoms with van der Waals surface area (Å²) in [5.41, 5.74) is 7.99. The summed E-state index contributed by atoms with van der Waals surface area (Å²) >= 11 is 1.35. The highest BCUT2D eigenvalue weighted by molar-refractivity contribution is 7.10. The van der Waals surface area contributed by atoms with Gasteiger partial charge < -0.3 is 20.6 Å². The van der Waals surface area contributed by atoms with Crippen LogP contribution in [0.2, 0.25) is 0 Å². The number of hydrogen-bond donors (Lipinski definition) is 3. The second kappa shape index (κ2) is 9.80. The van der Waals surface area contributed by atoms with Crippen molar-refractivity contribution in [2.24, 2.45) is 5.73 Å². The van der Waals surface area contributed by atoms with Crippen LogP contribution in [0, 0.1) is 11.6 Å². The molecule has 0 saturated carbocycles. The summed E-state index contributed by atoms with van der Waals surface area (Å²) in [6.45, 7) is 0.0524. The fourth-order valence-electron chi connectivity index (χ4n) is 3.87. The van der Waals surface area contributed by atoms with Crippen LogP contribution < -0.4 is 16.6 Å². The quantitative estimate of drug-likeness (QED) is 0.312. The van der Waals surface area contributed by atoms with Crippen molar-refractivity contribution in [1.82, 2.24) is 24.8 Å². The zero-order valence-electron chi connectivity index (χ0n) is 18.7. The monoisotopic (exact) mass is 506 g/mol. The zero-order chi connectivity index (χ0) is 25.2. The molecule has 0 aliphatic rings. The second-order valence-corrected chi connectivity index (χ2v) is 8.93. The molecule has 0 saturated heterocycles. The van der Waals surface area contributed by atoms with E-state index >= 15 is 0 Å². The standard InChI is InChI=1S/C25H20F2N6O2S/c26-18-6-5-14(9-19(18)27)12-33-8-2-4-16(25(33)35)23(34)31-20(10-28)24-32-21(13-36-24)17-11-30-22-15(17)3-1-7-29-22/h1-9,11,13,20H,10,12,28H2,(H,29,30)(H,31,34)/t20-/m1/s1. The van der Waals surface area contributed by atoms with E-state index in [1.165, 1.54) is 34.2 Å². The van der Waals surface area contributed by atoms with Gasteiger partial charge in [0, 0.05) is 41.5 Å². The van der Waals surface area contributed by atoms with Gasteiger partial charge in [-0.05, 0) is 42.0 Å². The van der Waals surface area contributed by atoms with Crippen LogP contribution in [0.4, 0.5) is 8.78 Å². The lowest BCUT2D eigenvalue weighted by Gasteiger charge is -2.15. The van der Waals surface area contributed by atoms with E-state index in [4.69, 9.17) is 5.73 Å². The van der Waals surface area contributed by atoms with Crippen LogP contribution in [0.3, 0.4) is 0 Å². The molecule has 1 atom stereocenters. The molecule has 4 heterocycles. The summed E-state index contributed by atoms with van der Waals surface area (Å²) in [5, 5.41) is 6.18. The number of benzene rings is 1. The molecule has 0 spiro atoms. The van der Waals surface area contributed by atoms with Crippen molar-refractivity contribution in [3.8, 4) is 11.3 Å². The second-order valence-electron chi connectivity index (χ2n) is 8.04. The van der Waals surface area contributed by atoms with E-state index in [1.54, 1.807) is 12.3 Å². The minimum absolute atomic E-state index is 0.0210. The topological polar surface area (TPSA) is 119 Å². The van der Waals surface area contributed by atoms with E-state index in [0.717, 1.165) is 34.4 Å². The van der Waals surface area contributed by atoms with E-state index < -0.39 is 29.1 Å². The van der Waals surface area contributed by atoms with Gasteiger partial charge >= 0.3 is 0 Å². The summed E-state index contributed by atoms with van der Waals surface area (Å²) in [6.07, 6.45) is 5.00. The van der Waals surface area contributed by atoms with Gasteiger partial charge in [0.05, 0.1) is 18.3 Å². The molecule has 1 amide bonds. The van der Waals surface area contributed by atoms with Crippen molar-refractivity contribution < 1.29 is 13.6 Å². The third-order valence-corrected chi connectivity index (χ3v) is 6.65. The Balaban J connectivity index is 1.36. The van der Waals surface area contributed by atoms with E-state index in [9.17, 15) is 18.4 Å². The SMILES string of the molecule is NC[C@@H](NC(=O)c1cccn(Cc2ccc(F)c(F)c2)c1=O)c1nc(-c2c[nH]c3ncccc23)cs1. The van der Waals surface area contributed by atoms with Gasteiger partial charge in [0.1, 0.15) is 16.2 Å². The number of nitrogens with zero attached hydrogens (tertiary/aromatic N) is 3. The summed E-state index contributed by atoms with van der Waals surface area (Å²) in [5.74, 6) is -2.59. The van der Waals surface area contributed by atoms with Crippen LogP contribution in [-0.2, 0) is 6.54 Å². The highest BCUT2D eigenvalue weighted by Crippen LogP contribution is 2.30. The molecule has 0 bridgehead atoms. The largest absolute Gasteiger partial charge is 0.345 e. The average Bonchev–Trinajstić information content (AvgIpc) is 3.53. The molecule has 0 fully saturated rings. The van der Waals surface area contributed by atoms with E-state index in [0.29, 0.717) is 10.6 Å². The average molecular weight is 507 g/mol. The summed E-state index contributed by atoms with van der Waals surface area (Å²) < 4.78 is 28.0. The lowest BCUT2D eigenvalue weighted by molar-refractivity contribution is 0.0935. The Morgan fingerprint density at radius 2 is 2.06 bits per heavy atom. The van der Waals surface area contributed by atoms with E-state index in [2.05, 4.69) is 20.3 Å². The Kier molecular flexibility index (Phi) is 6.40. The molecule has 11 heteroatoms. The van der Waals surface area contributed by atoms with Crippen LogP contribution in [-0.4, -0.2) is 32.0 Å². The van der Waals surface area contributed by atoms with Gasteiger partial charge in [-0.2, -0.15) is 0 Å². The Hall–Kier alpha value is -4.22. The number of nitrogens with two attached hydrogens (primary N) is 1. The molecule has 4 aromatic heterocycles. The Morgan fingerprint density at radius 1 is 1.19 bits per heavy atom. The van der Waals surface area contributed by atoms with Gasteiger partial charge in [-0.15, -0.1) is 11.3 Å². The van der Waals surface area contributed by atoms with Crippen LogP contribution in [0.1, 0.15) is 27.0 Å². The molecule has 8 nitrogen and oxygen atoms in total. The summed E-state index contributed by atoms with van der Waals surface area (Å²) in [6, 6.07) is 9.51. The molecule has 4 N–H and O–H groups in total. The van der Waals surface area contributed by atoms with Gasteiger partial charge in [0.25, 0.3) is 11.5 Å². The molecule has 1 aromatic carbocycles. The number of amides is 1. The minimum Gasteiger partial charge on any atom is -0.345 e. The Labute approximate surface area is 207 Å². The predicted molar refractivity (Wildman–Crippen MR) is 133 cm³/mol. The molecule has 36 heavy (non-hydrogen) atoms. The number of aromatic nitrogens is 4. The molecule has 5 aromatic rings. The Morgan fingerprint density at radius 3 is 2.86 bits per heavy atom. The molecule has 0 radical (unpaired) electrons. The van der Waals surface area contributed by atoms with Crippen LogP contribution in [0.15, 0.2) is 71.2 Å². The maximum absolute atomic E-state index is 13.6. The maximum atomic E-state index is 13.6. The predicted octanol–water partition coefficient (Wildman–Crippen LogP) is 3.60. The van der Waals surface area contributed by atoms with Crippen molar-refractivity contribution in [2.75, 3.05) is 6.54 Å². The lowest BCUT2D eigenvalue weighted by Crippen LogP contribution is -2.37. The van der Waals surface area contributed by atoms with E-state index in [1.807, 2.05) is 23.7 Å². The van der Waals surface area contributed by atoms with Crippen molar-refractivity contribution in [3.05, 3.63) is 105 Å². The number of aromatic amines is 1. The van der Waals surface area contributed by atoms with Crippen molar-refractivity contribution >= 4 is 28.3 Å².